The van der Waals surface area contributed by atoms with Gasteiger partial charge in [0.1, 0.15) is 0 Å². The second-order valence-corrected chi connectivity index (χ2v) is 3.76. The van der Waals surface area contributed by atoms with E-state index in [0.717, 1.165) is 5.56 Å². The summed E-state index contributed by atoms with van der Waals surface area (Å²) in [5.74, 6) is -0.421. The number of oxime groups is 1. The zero-order valence-electron chi connectivity index (χ0n) is 9.07. The largest absolute Gasteiger partial charge is 0.331 e. The molecule has 15 heavy (non-hydrogen) atoms. The molecule has 0 aromatic heterocycles. The predicted octanol–water partition coefficient (Wildman–Crippen LogP) is 2.11. The number of hydrogen-bond acceptors (Lipinski definition) is 3. The van der Waals surface area contributed by atoms with Crippen molar-refractivity contribution in [2.24, 2.45) is 5.16 Å². The van der Waals surface area contributed by atoms with E-state index in [1.165, 1.54) is 6.92 Å². The first-order valence-corrected chi connectivity index (χ1v) is 4.63. The van der Waals surface area contributed by atoms with Crippen LogP contribution in [0.1, 0.15) is 26.3 Å². The van der Waals surface area contributed by atoms with E-state index < -0.39 is 5.97 Å². The van der Waals surface area contributed by atoms with E-state index >= 15 is 0 Å². The molecular formula is C12H13NO2. The molecule has 0 heterocycles. The Morgan fingerprint density at radius 3 is 2.80 bits per heavy atom. The monoisotopic (exact) mass is 203 g/mol. The van der Waals surface area contributed by atoms with E-state index in [1.807, 2.05) is 26.0 Å². The van der Waals surface area contributed by atoms with Gasteiger partial charge in [0.05, 0.1) is 6.21 Å². The molecule has 0 aliphatic heterocycles. The van der Waals surface area contributed by atoms with Crippen LogP contribution in [0, 0.1) is 12.1 Å². The van der Waals surface area contributed by atoms with E-state index in [2.05, 4.69) is 22.1 Å². The highest BCUT2D eigenvalue weighted by Crippen LogP contribution is 2.19. The third-order valence-corrected chi connectivity index (χ3v) is 1.96. The molecule has 1 aromatic carbocycles. The van der Waals surface area contributed by atoms with Gasteiger partial charge in [-0.2, -0.15) is 0 Å². The Balaban J connectivity index is 2.75. The summed E-state index contributed by atoms with van der Waals surface area (Å²) in [5.41, 5.74) is 0.748. The van der Waals surface area contributed by atoms with Gasteiger partial charge in [-0.25, -0.2) is 4.79 Å². The fourth-order valence-electron chi connectivity index (χ4n) is 1.05. The number of carbonyl (C=O) groups excluding carboxylic acids is 1. The van der Waals surface area contributed by atoms with Gasteiger partial charge in [-0.05, 0) is 23.8 Å². The molecule has 2 radical (unpaired) electrons. The quantitative estimate of drug-likeness (QED) is 0.428. The van der Waals surface area contributed by atoms with E-state index in [1.54, 1.807) is 12.3 Å². The van der Waals surface area contributed by atoms with E-state index in [9.17, 15) is 4.79 Å². The van der Waals surface area contributed by atoms with Crippen molar-refractivity contribution in [1.82, 2.24) is 0 Å². The van der Waals surface area contributed by atoms with Crippen LogP contribution < -0.4 is 0 Å². The Bertz CT molecular complexity index is 355. The fraction of sp³-hybridized carbons (Fsp3) is 0.333. The lowest BCUT2D eigenvalue weighted by Gasteiger charge is -2.18. The molecule has 1 aromatic rings. The number of nitrogens with zero attached hydrogens (tertiary/aromatic N) is 1. The Morgan fingerprint density at radius 2 is 2.27 bits per heavy atom. The predicted molar refractivity (Wildman–Crippen MR) is 57.4 cm³/mol. The Kier molecular flexibility index (Phi) is 3.61. The summed E-state index contributed by atoms with van der Waals surface area (Å²) >= 11 is 0. The highest BCUT2D eigenvalue weighted by Gasteiger charge is 2.17. The lowest BCUT2D eigenvalue weighted by molar-refractivity contribution is -0.140. The molecule has 0 saturated heterocycles. The molecule has 0 bridgehead atoms. The molecule has 0 aliphatic rings. The van der Waals surface area contributed by atoms with E-state index in [4.69, 9.17) is 0 Å². The van der Waals surface area contributed by atoms with Crippen molar-refractivity contribution in [3.63, 3.8) is 0 Å². The Morgan fingerprint density at radius 1 is 1.53 bits per heavy atom. The zero-order valence-corrected chi connectivity index (χ0v) is 9.07. The van der Waals surface area contributed by atoms with Crippen molar-refractivity contribution in [2.45, 2.75) is 26.2 Å². The minimum absolute atomic E-state index is 0.291. The molecule has 3 nitrogen and oxygen atoms in total. The van der Waals surface area contributed by atoms with Crippen molar-refractivity contribution < 1.29 is 9.63 Å². The first-order valence-electron chi connectivity index (χ1n) is 4.63. The second kappa shape index (κ2) is 4.73. The summed E-state index contributed by atoms with van der Waals surface area (Å²) in [6.45, 7) is 5.27. The van der Waals surface area contributed by atoms with Gasteiger partial charge >= 0.3 is 5.97 Å². The van der Waals surface area contributed by atoms with Crippen LogP contribution in [-0.2, 0) is 15.0 Å². The molecule has 1 rings (SSSR count). The highest BCUT2D eigenvalue weighted by atomic mass is 16.7. The lowest BCUT2D eigenvalue weighted by atomic mass is 9.86. The third kappa shape index (κ3) is 3.54. The van der Waals surface area contributed by atoms with Crippen LogP contribution in [0.5, 0.6) is 0 Å². The van der Waals surface area contributed by atoms with Gasteiger partial charge < -0.3 is 4.84 Å². The number of carbonyl (C=O) groups is 1. The van der Waals surface area contributed by atoms with Crippen LogP contribution in [0.25, 0.3) is 0 Å². The van der Waals surface area contributed by atoms with Gasteiger partial charge in [0.2, 0.25) is 0 Å². The number of hydrogen-bond donors (Lipinski definition) is 0. The van der Waals surface area contributed by atoms with Crippen molar-refractivity contribution >= 4 is 12.2 Å². The minimum atomic E-state index is -0.421. The van der Waals surface area contributed by atoms with E-state index in [-0.39, 0.29) is 5.41 Å². The molecule has 0 amide bonds. The van der Waals surface area contributed by atoms with Crippen LogP contribution in [0.15, 0.2) is 23.4 Å². The highest BCUT2D eigenvalue weighted by molar-refractivity contribution is 5.73. The molecule has 0 unspecified atom stereocenters. The van der Waals surface area contributed by atoms with Gasteiger partial charge in [-0.1, -0.05) is 31.1 Å². The van der Waals surface area contributed by atoms with Gasteiger partial charge in [0, 0.05) is 12.3 Å². The first-order chi connectivity index (χ1) is 7.02. The molecule has 0 fully saturated rings. The van der Waals surface area contributed by atoms with Crippen LogP contribution in [-0.4, -0.2) is 12.2 Å². The second-order valence-electron chi connectivity index (χ2n) is 3.76. The Labute approximate surface area is 89.7 Å². The van der Waals surface area contributed by atoms with Gasteiger partial charge in [-0.15, -0.1) is 0 Å². The van der Waals surface area contributed by atoms with Crippen molar-refractivity contribution in [3.05, 3.63) is 35.9 Å². The smallest absolute Gasteiger partial charge is 0.319 e. The lowest BCUT2D eigenvalue weighted by Crippen LogP contribution is -2.19. The molecule has 0 saturated carbocycles. The molecule has 0 N–H and O–H groups in total. The van der Waals surface area contributed by atoms with Gasteiger partial charge in [0.15, 0.2) is 0 Å². The minimum Gasteiger partial charge on any atom is -0.319 e. The first kappa shape index (κ1) is 11.4. The van der Waals surface area contributed by atoms with Crippen LogP contribution in [0.3, 0.4) is 0 Å². The van der Waals surface area contributed by atoms with Crippen LogP contribution >= 0.6 is 0 Å². The van der Waals surface area contributed by atoms with Crippen molar-refractivity contribution in [2.75, 3.05) is 0 Å². The summed E-state index contributed by atoms with van der Waals surface area (Å²) in [5, 5.41) is 3.62. The van der Waals surface area contributed by atoms with Crippen molar-refractivity contribution in [1.29, 1.82) is 0 Å². The zero-order chi connectivity index (χ0) is 11.3. The SMILES string of the molecule is CC(=O)O/N=C\C(C)(C)c1c[c][c]cc1. The van der Waals surface area contributed by atoms with Gasteiger partial charge in [-0.3, -0.25) is 0 Å². The van der Waals surface area contributed by atoms with Gasteiger partial charge in [0.25, 0.3) is 0 Å². The maximum Gasteiger partial charge on any atom is 0.331 e. The van der Waals surface area contributed by atoms with Crippen molar-refractivity contribution in [3.8, 4) is 0 Å². The summed E-state index contributed by atoms with van der Waals surface area (Å²) in [7, 11) is 0. The number of rotatable bonds is 3. The summed E-state index contributed by atoms with van der Waals surface area (Å²) in [6, 6.07) is 11.2. The molecule has 0 spiro atoms. The molecular weight excluding hydrogens is 190 g/mol. The average Bonchev–Trinajstić information content (AvgIpc) is 2.18. The fourth-order valence-corrected chi connectivity index (χ4v) is 1.05. The maximum atomic E-state index is 10.5. The topological polar surface area (TPSA) is 38.7 Å². The molecule has 0 atom stereocenters. The third-order valence-electron chi connectivity index (χ3n) is 1.96. The van der Waals surface area contributed by atoms with Crippen LogP contribution in [0.4, 0.5) is 0 Å². The standard InChI is InChI=1S/C12H13NO2/c1-10(14)15-13-9-12(2,3)11-7-5-4-6-8-11/h5,7-9H,1-3H3/b13-9-. The normalized spacial score (nSPS) is 11.7. The molecule has 3 heteroatoms. The summed E-state index contributed by atoms with van der Waals surface area (Å²) in [6.07, 6.45) is 1.59. The Hall–Kier alpha value is -1.64. The van der Waals surface area contributed by atoms with Crippen LogP contribution in [0.2, 0.25) is 0 Å². The molecule has 0 aliphatic carbocycles. The average molecular weight is 203 g/mol. The summed E-state index contributed by atoms with van der Waals surface area (Å²) < 4.78 is 0. The summed E-state index contributed by atoms with van der Waals surface area (Å²) in [4.78, 5) is 15.0. The molecule has 78 valence electrons. The number of benzene rings is 1. The maximum absolute atomic E-state index is 10.5. The van der Waals surface area contributed by atoms with E-state index in [0.29, 0.717) is 0 Å².